The quantitative estimate of drug-likeness (QED) is 0.211. The number of ether oxygens (including phenoxy) is 2. The third-order valence-corrected chi connectivity index (χ3v) is 10.3. The van der Waals surface area contributed by atoms with Crippen LogP contribution in [0.4, 0.5) is 0 Å². The topological polar surface area (TPSA) is 69.3 Å². The highest BCUT2D eigenvalue weighted by molar-refractivity contribution is 9.10. The number of methoxy groups -OCH3 is 2. The van der Waals surface area contributed by atoms with Crippen LogP contribution in [0.3, 0.4) is 0 Å². The third-order valence-electron chi connectivity index (χ3n) is 9.02. The molecule has 2 heterocycles. The van der Waals surface area contributed by atoms with Crippen molar-refractivity contribution in [2.24, 2.45) is 0 Å². The summed E-state index contributed by atoms with van der Waals surface area (Å²) in [6.45, 7) is 0.530. The fourth-order valence-corrected chi connectivity index (χ4v) is 8.06. The van der Waals surface area contributed by atoms with E-state index in [4.69, 9.17) is 21.1 Å². The lowest BCUT2D eigenvalue weighted by molar-refractivity contribution is 0.353. The molecule has 1 atom stereocenters. The first kappa shape index (κ1) is 28.7. The molecule has 1 spiro atoms. The molecule has 3 aliphatic rings. The van der Waals surface area contributed by atoms with E-state index < -0.39 is 5.41 Å². The molecule has 1 unspecified atom stereocenters. The Kier molecular flexibility index (Phi) is 7.09. The average molecular weight is 726 g/mol. The van der Waals surface area contributed by atoms with Crippen molar-refractivity contribution in [2.45, 2.75) is 17.8 Å². The second-order valence-corrected chi connectivity index (χ2v) is 13.2. The first-order valence-electron chi connectivity index (χ1n) is 14.0. The van der Waals surface area contributed by atoms with Gasteiger partial charge in [-0.2, -0.15) is 10.5 Å². The molecule has 2 aliphatic heterocycles. The van der Waals surface area contributed by atoms with Crippen LogP contribution in [0, 0.1) is 22.7 Å². The van der Waals surface area contributed by atoms with Gasteiger partial charge in [-0.3, -0.25) is 0 Å². The van der Waals surface area contributed by atoms with E-state index in [2.05, 4.69) is 74.3 Å². The molecule has 4 aromatic rings. The van der Waals surface area contributed by atoms with Gasteiger partial charge < -0.3 is 14.4 Å². The summed E-state index contributed by atoms with van der Waals surface area (Å²) in [5, 5.41) is 22.7. The molecule has 8 heteroatoms. The SMILES string of the molecule is COc1cc2c(cc1OC)C1=CC(c3ccc(Cl)cc3)C3(C(C#N)=C(C#N)N1CC2)c1cc(Br)ccc1-c1ccc(Br)cc13. The Bertz CT molecular complexity index is 1970. The highest BCUT2D eigenvalue weighted by Gasteiger charge is 2.55. The number of nitriles is 2. The normalized spacial score (nSPS) is 17.4. The monoisotopic (exact) mass is 723 g/mol. The van der Waals surface area contributed by atoms with Gasteiger partial charge in [0.05, 0.1) is 31.3 Å². The fourth-order valence-electron chi connectivity index (χ4n) is 7.21. The van der Waals surface area contributed by atoms with Gasteiger partial charge in [-0.05, 0) is 88.3 Å². The van der Waals surface area contributed by atoms with Crippen molar-refractivity contribution in [1.29, 1.82) is 10.5 Å². The fraction of sp³-hybridized carbons (Fsp3) is 0.167. The zero-order chi connectivity index (χ0) is 30.7. The maximum Gasteiger partial charge on any atom is 0.161 e. The number of halogens is 3. The molecule has 4 aromatic carbocycles. The van der Waals surface area contributed by atoms with Gasteiger partial charge in [0.2, 0.25) is 0 Å². The van der Waals surface area contributed by atoms with Gasteiger partial charge in [0.25, 0.3) is 0 Å². The Hall–Kier alpha value is -4.01. The third kappa shape index (κ3) is 4.07. The van der Waals surface area contributed by atoms with Gasteiger partial charge in [-0.25, -0.2) is 0 Å². The minimum absolute atomic E-state index is 0.342. The van der Waals surface area contributed by atoms with E-state index in [-0.39, 0.29) is 5.92 Å². The summed E-state index contributed by atoms with van der Waals surface area (Å²) >= 11 is 13.9. The number of benzene rings is 4. The molecule has 0 aromatic heterocycles. The summed E-state index contributed by atoms with van der Waals surface area (Å²) in [7, 11) is 3.25. The van der Waals surface area contributed by atoms with Gasteiger partial charge in [-0.15, -0.1) is 0 Å². The summed E-state index contributed by atoms with van der Waals surface area (Å²) in [6, 6.07) is 29.3. The number of fused-ring (bicyclic) bond motifs is 8. The smallest absolute Gasteiger partial charge is 0.161 e. The summed E-state index contributed by atoms with van der Waals surface area (Å²) < 4.78 is 13.1. The van der Waals surface area contributed by atoms with E-state index in [0.717, 1.165) is 53.6 Å². The molecule has 7 rings (SSSR count). The van der Waals surface area contributed by atoms with Gasteiger partial charge in [0, 0.05) is 37.7 Å². The van der Waals surface area contributed by atoms with Crippen LogP contribution in [0.5, 0.6) is 11.5 Å². The Labute approximate surface area is 277 Å². The lowest BCUT2D eigenvalue weighted by atomic mass is 9.61. The minimum atomic E-state index is -1.02. The number of rotatable bonds is 3. The molecule has 0 radical (unpaired) electrons. The lowest BCUT2D eigenvalue weighted by Crippen LogP contribution is -2.35. The van der Waals surface area contributed by atoms with Crippen molar-refractivity contribution < 1.29 is 9.47 Å². The molecule has 0 bridgehead atoms. The van der Waals surface area contributed by atoms with Gasteiger partial charge in [0.15, 0.2) is 11.5 Å². The molecule has 0 N–H and O–H groups in total. The first-order chi connectivity index (χ1) is 21.3. The number of hydrogen-bond acceptors (Lipinski definition) is 5. The molecule has 0 saturated heterocycles. The van der Waals surface area contributed by atoms with Crippen LogP contribution < -0.4 is 9.47 Å². The van der Waals surface area contributed by atoms with E-state index in [0.29, 0.717) is 40.8 Å². The lowest BCUT2D eigenvalue weighted by Gasteiger charge is -2.38. The largest absolute Gasteiger partial charge is 0.493 e. The minimum Gasteiger partial charge on any atom is -0.493 e. The Morgan fingerprint density at radius 1 is 0.818 bits per heavy atom. The average Bonchev–Trinajstić information content (AvgIpc) is 3.22. The van der Waals surface area contributed by atoms with Crippen LogP contribution in [-0.2, 0) is 11.8 Å². The maximum atomic E-state index is 11.2. The molecule has 5 nitrogen and oxygen atoms in total. The van der Waals surface area contributed by atoms with E-state index in [1.807, 2.05) is 53.4 Å². The Morgan fingerprint density at radius 2 is 1.43 bits per heavy atom. The van der Waals surface area contributed by atoms with E-state index in [1.54, 1.807) is 14.2 Å². The maximum absolute atomic E-state index is 11.2. The van der Waals surface area contributed by atoms with Crippen LogP contribution in [0.2, 0.25) is 5.02 Å². The van der Waals surface area contributed by atoms with Crippen molar-refractivity contribution in [3.63, 3.8) is 0 Å². The van der Waals surface area contributed by atoms with Crippen LogP contribution in [0.25, 0.3) is 16.8 Å². The number of allylic oxidation sites excluding steroid dienone is 3. The highest BCUT2D eigenvalue weighted by Crippen LogP contribution is 2.63. The molecular weight excluding hydrogens is 702 g/mol. The van der Waals surface area contributed by atoms with E-state index in [9.17, 15) is 10.5 Å². The molecular formula is C36H24Br2ClN3O2. The zero-order valence-corrected chi connectivity index (χ0v) is 27.7. The molecule has 0 saturated carbocycles. The highest BCUT2D eigenvalue weighted by atomic mass is 79.9. The van der Waals surface area contributed by atoms with Crippen LogP contribution in [-0.4, -0.2) is 25.7 Å². The van der Waals surface area contributed by atoms with E-state index in [1.165, 1.54) is 0 Å². The van der Waals surface area contributed by atoms with Crippen molar-refractivity contribution in [2.75, 3.05) is 20.8 Å². The second kappa shape index (κ2) is 10.9. The first-order valence-corrected chi connectivity index (χ1v) is 16.0. The van der Waals surface area contributed by atoms with Crippen molar-refractivity contribution in [1.82, 2.24) is 4.90 Å². The number of hydrogen-bond donors (Lipinski definition) is 0. The van der Waals surface area contributed by atoms with Crippen molar-refractivity contribution in [3.05, 3.63) is 132 Å². The van der Waals surface area contributed by atoms with Crippen molar-refractivity contribution >= 4 is 49.2 Å². The van der Waals surface area contributed by atoms with Crippen molar-refractivity contribution in [3.8, 4) is 34.8 Å². The molecule has 44 heavy (non-hydrogen) atoms. The predicted octanol–water partition coefficient (Wildman–Crippen LogP) is 9.15. The summed E-state index contributed by atoms with van der Waals surface area (Å²) in [6.07, 6.45) is 2.90. The Morgan fingerprint density at radius 3 is 2.00 bits per heavy atom. The van der Waals surface area contributed by atoms with Crippen LogP contribution in [0.1, 0.15) is 33.7 Å². The second-order valence-electron chi connectivity index (χ2n) is 11.0. The molecule has 0 amide bonds. The Balaban J connectivity index is 1.67. The molecule has 1 aliphatic carbocycles. The van der Waals surface area contributed by atoms with Gasteiger partial charge in [-0.1, -0.05) is 73.8 Å². The van der Waals surface area contributed by atoms with Crippen LogP contribution >= 0.6 is 43.5 Å². The predicted molar refractivity (Wildman–Crippen MR) is 178 cm³/mol. The number of nitrogens with zero attached hydrogens (tertiary/aromatic N) is 3. The zero-order valence-electron chi connectivity index (χ0n) is 23.8. The summed E-state index contributed by atoms with van der Waals surface area (Å²) in [4.78, 5) is 2.01. The summed E-state index contributed by atoms with van der Waals surface area (Å²) in [5.41, 5.74) is 7.58. The van der Waals surface area contributed by atoms with Gasteiger partial charge in [0.1, 0.15) is 11.8 Å². The summed E-state index contributed by atoms with van der Waals surface area (Å²) in [5.74, 6) is 0.866. The van der Waals surface area contributed by atoms with Crippen LogP contribution in [0.15, 0.2) is 99.1 Å². The standard InChI is InChI=1S/C36H24Br2ClN3O2/c1-43-34-13-21-11-12-42-32(27(21)16-35(34)44-2)17-28(20-3-7-24(39)8-4-20)36(31(18-40)33(42)19-41)29-14-22(37)5-9-25(29)26-10-6-23(38)15-30(26)36/h3-10,13-17,28H,11-12H2,1-2H3. The van der Waals surface area contributed by atoms with E-state index >= 15 is 0 Å². The van der Waals surface area contributed by atoms with Gasteiger partial charge >= 0.3 is 0 Å². The molecule has 216 valence electrons. The molecule has 0 fully saturated rings.